The van der Waals surface area contributed by atoms with Gasteiger partial charge in [0.15, 0.2) is 0 Å². The molecular weight excluding hydrogens is 334 g/mol. The first kappa shape index (κ1) is 16.0. The Labute approximate surface area is 139 Å². The van der Waals surface area contributed by atoms with Gasteiger partial charge in [0.25, 0.3) is 0 Å². The molecule has 0 aliphatic heterocycles. The van der Waals surface area contributed by atoms with Crippen LogP contribution in [0.25, 0.3) is 11.0 Å². The van der Waals surface area contributed by atoms with Crippen LogP contribution in [-0.4, -0.2) is 18.4 Å². The third-order valence-corrected chi connectivity index (χ3v) is 5.39. The second kappa shape index (κ2) is 5.96. The van der Waals surface area contributed by atoms with Gasteiger partial charge in [0.05, 0.1) is 15.9 Å². The van der Waals surface area contributed by atoms with Crippen LogP contribution in [0, 0.1) is 13.8 Å². The van der Waals surface area contributed by atoms with Crippen molar-refractivity contribution in [2.24, 2.45) is 0 Å². The largest absolute Gasteiger partial charge is 0.342 e. The molecule has 23 heavy (non-hydrogen) atoms. The normalized spacial score (nSPS) is 12.0. The molecule has 0 aliphatic rings. The van der Waals surface area contributed by atoms with E-state index in [1.807, 2.05) is 32.0 Å². The fourth-order valence-electron chi connectivity index (χ4n) is 2.30. The highest BCUT2D eigenvalue weighted by Crippen LogP contribution is 2.20. The molecule has 0 fully saturated rings. The highest BCUT2D eigenvalue weighted by Gasteiger charge is 2.15. The summed E-state index contributed by atoms with van der Waals surface area (Å²) in [7, 11) is -3.61. The molecule has 1 aromatic heterocycles. The molecule has 0 bridgehead atoms. The Morgan fingerprint density at radius 3 is 2.70 bits per heavy atom. The first-order chi connectivity index (χ1) is 10.8. The van der Waals surface area contributed by atoms with E-state index < -0.39 is 10.0 Å². The number of nitrogens with zero attached hydrogens (tertiary/aromatic N) is 1. The maximum Gasteiger partial charge on any atom is 0.240 e. The van der Waals surface area contributed by atoms with E-state index in [2.05, 4.69) is 14.7 Å². The zero-order chi connectivity index (χ0) is 16.6. The van der Waals surface area contributed by atoms with Crippen LogP contribution >= 0.6 is 11.6 Å². The van der Waals surface area contributed by atoms with Gasteiger partial charge >= 0.3 is 0 Å². The quantitative estimate of drug-likeness (QED) is 0.758. The predicted molar refractivity (Wildman–Crippen MR) is 91.0 cm³/mol. The summed E-state index contributed by atoms with van der Waals surface area (Å²) >= 11 is 6.00. The van der Waals surface area contributed by atoms with Crippen molar-refractivity contribution in [3.63, 3.8) is 0 Å². The van der Waals surface area contributed by atoms with Crippen LogP contribution in [0.4, 0.5) is 0 Å². The van der Waals surface area contributed by atoms with E-state index in [4.69, 9.17) is 11.6 Å². The van der Waals surface area contributed by atoms with Crippen molar-refractivity contribution in [1.29, 1.82) is 0 Å². The van der Waals surface area contributed by atoms with Gasteiger partial charge in [-0.05, 0) is 49.2 Å². The number of aromatic nitrogens is 2. The van der Waals surface area contributed by atoms with Crippen molar-refractivity contribution in [3.05, 3.63) is 58.4 Å². The van der Waals surface area contributed by atoms with Crippen molar-refractivity contribution in [2.75, 3.05) is 0 Å². The SMILES string of the molecule is Cc1nc2ccc(CNS(=O)(=O)c3ccc(C)c(Cl)c3)cc2[nH]1. The number of aromatic amines is 1. The Hall–Kier alpha value is -1.89. The van der Waals surface area contributed by atoms with Crippen LogP contribution in [0.5, 0.6) is 0 Å². The van der Waals surface area contributed by atoms with Crippen LogP contribution in [-0.2, 0) is 16.6 Å². The Kier molecular flexibility index (Phi) is 4.14. The highest BCUT2D eigenvalue weighted by molar-refractivity contribution is 7.89. The predicted octanol–water partition coefficient (Wildman–Crippen LogP) is 3.31. The summed E-state index contributed by atoms with van der Waals surface area (Å²) < 4.78 is 27.3. The number of hydrogen-bond acceptors (Lipinski definition) is 3. The minimum absolute atomic E-state index is 0.159. The van der Waals surface area contributed by atoms with Crippen LogP contribution in [0.15, 0.2) is 41.3 Å². The zero-order valence-corrected chi connectivity index (χ0v) is 14.3. The Balaban J connectivity index is 1.80. The zero-order valence-electron chi connectivity index (χ0n) is 12.7. The van der Waals surface area contributed by atoms with E-state index in [9.17, 15) is 8.42 Å². The molecule has 120 valence electrons. The van der Waals surface area contributed by atoms with Gasteiger partial charge < -0.3 is 4.98 Å². The summed E-state index contributed by atoms with van der Waals surface area (Å²) in [4.78, 5) is 7.61. The Morgan fingerprint density at radius 2 is 1.96 bits per heavy atom. The number of sulfonamides is 1. The first-order valence-corrected chi connectivity index (χ1v) is 8.92. The molecule has 0 unspecified atom stereocenters. The van der Waals surface area contributed by atoms with Gasteiger partial charge in [-0.2, -0.15) is 0 Å². The number of fused-ring (bicyclic) bond motifs is 1. The van der Waals surface area contributed by atoms with E-state index >= 15 is 0 Å². The number of aryl methyl sites for hydroxylation is 2. The molecule has 3 rings (SSSR count). The average molecular weight is 350 g/mol. The molecule has 7 heteroatoms. The smallest absolute Gasteiger partial charge is 0.240 e. The van der Waals surface area contributed by atoms with Gasteiger partial charge in [0.1, 0.15) is 5.82 Å². The van der Waals surface area contributed by atoms with Gasteiger partial charge in [-0.1, -0.05) is 23.7 Å². The molecule has 0 spiro atoms. The van der Waals surface area contributed by atoms with E-state index in [1.54, 1.807) is 12.1 Å². The summed E-state index contributed by atoms with van der Waals surface area (Å²) in [6.07, 6.45) is 0. The van der Waals surface area contributed by atoms with Crippen LogP contribution in [0.1, 0.15) is 17.0 Å². The van der Waals surface area contributed by atoms with E-state index in [-0.39, 0.29) is 11.4 Å². The molecule has 2 N–H and O–H groups in total. The molecule has 0 amide bonds. The fraction of sp³-hybridized carbons (Fsp3) is 0.188. The van der Waals surface area contributed by atoms with E-state index in [0.29, 0.717) is 5.02 Å². The lowest BCUT2D eigenvalue weighted by atomic mass is 10.2. The molecule has 2 aromatic carbocycles. The van der Waals surface area contributed by atoms with Gasteiger partial charge in [0.2, 0.25) is 10.0 Å². The monoisotopic (exact) mass is 349 g/mol. The maximum atomic E-state index is 12.3. The number of H-pyrrole nitrogens is 1. The molecule has 1 heterocycles. The summed E-state index contributed by atoms with van der Waals surface area (Å²) in [5.41, 5.74) is 3.44. The lowest BCUT2D eigenvalue weighted by molar-refractivity contribution is 0.581. The first-order valence-electron chi connectivity index (χ1n) is 7.06. The summed E-state index contributed by atoms with van der Waals surface area (Å²) in [5, 5.41) is 0.433. The maximum absolute atomic E-state index is 12.3. The number of rotatable bonds is 4. The average Bonchev–Trinajstić information content (AvgIpc) is 2.87. The standard InChI is InChI=1S/C16H16ClN3O2S/c1-10-3-5-13(8-14(10)17)23(21,22)18-9-12-4-6-15-16(7-12)20-11(2)19-15/h3-8,18H,9H2,1-2H3,(H,19,20). The van der Waals surface area contributed by atoms with Crippen molar-refractivity contribution < 1.29 is 8.42 Å². The van der Waals surface area contributed by atoms with Crippen LogP contribution < -0.4 is 4.72 Å². The minimum Gasteiger partial charge on any atom is -0.342 e. The van der Waals surface area contributed by atoms with Crippen molar-refractivity contribution >= 4 is 32.7 Å². The molecule has 0 saturated heterocycles. The fourth-order valence-corrected chi connectivity index (χ4v) is 3.59. The summed E-state index contributed by atoms with van der Waals surface area (Å²) in [6, 6.07) is 10.3. The second-order valence-electron chi connectivity index (χ2n) is 5.41. The Morgan fingerprint density at radius 1 is 1.17 bits per heavy atom. The van der Waals surface area contributed by atoms with Crippen LogP contribution in [0.2, 0.25) is 5.02 Å². The van der Waals surface area contributed by atoms with Gasteiger partial charge in [0, 0.05) is 11.6 Å². The lowest BCUT2D eigenvalue weighted by Gasteiger charge is -2.08. The number of imidazole rings is 1. The molecule has 0 atom stereocenters. The molecule has 5 nitrogen and oxygen atoms in total. The highest BCUT2D eigenvalue weighted by atomic mass is 35.5. The van der Waals surface area contributed by atoms with Crippen molar-refractivity contribution in [2.45, 2.75) is 25.3 Å². The molecule has 0 aliphatic carbocycles. The lowest BCUT2D eigenvalue weighted by Crippen LogP contribution is -2.23. The number of nitrogens with one attached hydrogen (secondary N) is 2. The number of hydrogen-bond donors (Lipinski definition) is 2. The summed E-state index contributed by atoms with van der Waals surface area (Å²) in [6.45, 7) is 3.90. The van der Waals surface area contributed by atoms with Gasteiger partial charge in [-0.25, -0.2) is 18.1 Å². The molecule has 3 aromatic rings. The number of benzene rings is 2. The molecular formula is C16H16ClN3O2S. The van der Waals surface area contributed by atoms with Crippen molar-refractivity contribution in [3.8, 4) is 0 Å². The number of halogens is 1. The topological polar surface area (TPSA) is 74.8 Å². The third-order valence-electron chi connectivity index (χ3n) is 3.58. The second-order valence-corrected chi connectivity index (χ2v) is 7.58. The minimum atomic E-state index is -3.61. The summed E-state index contributed by atoms with van der Waals surface area (Å²) in [5.74, 6) is 0.826. The van der Waals surface area contributed by atoms with E-state index in [0.717, 1.165) is 28.0 Å². The van der Waals surface area contributed by atoms with Gasteiger partial charge in [-0.3, -0.25) is 0 Å². The van der Waals surface area contributed by atoms with E-state index in [1.165, 1.54) is 6.07 Å². The third kappa shape index (κ3) is 3.39. The molecule has 0 radical (unpaired) electrons. The van der Waals surface area contributed by atoms with Gasteiger partial charge in [-0.15, -0.1) is 0 Å². The van der Waals surface area contributed by atoms with Crippen molar-refractivity contribution in [1.82, 2.24) is 14.7 Å². The van der Waals surface area contributed by atoms with Crippen LogP contribution in [0.3, 0.4) is 0 Å². The Bertz CT molecular complexity index is 980. The molecule has 0 saturated carbocycles.